The molecule has 248 valence electrons. The summed E-state index contributed by atoms with van der Waals surface area (Å²) < 4.78 is 0. The third-order valence-corrected chi connectivity index (χ3v) is 10.8. The number of carbonyl (C=O) groups excluding carboxylic acids is 3. The number of nitrogens with two attached hydrogens (primary N) is 1. The Labute approximate surface area is 277 Å². The molecule has 0 aliphatic carbocycles. The number of nitrogen functional groups attached to an aromatic ring is 1. The van der Waals surface area contributed by atoms with E-state index in [0.29, 0.717) is 68.7 Å². The van der Waals surface area contributed by atoms with Crippen molar-refractivity contribution in [3.05, 3.63) is 58.1 Å². The predicted molar refractivity (Wildman–Crippen MR) is 182 cm³/mol. The molecule has 0 unspecified atom stereocenters. The summed E-state index contributed by atoms with van der Waals surface area (Å²) in [6.07, 6.45) is 8.25. The fraction of sp³-hybridized carbons (Fsp3) is 0.571. The first kappa shape index (κ1) is 32.4. The molecule has 4 aliphatic heterocycles. The van der Waals surface area contributed by atoms with Crippen LogP contribution in [0.1, 0.15) is 61.6 Å². The summed E-state index contributed by atoms with van der Waals surface area (Å²) >= 11 is 6.42. The molecule has 3 fully saturated rings. The molecule has 4 N–H and O–H groups in total. The van der Waals surface area contributed by atoms with Crippen LogP contribution in [0.5, 0.6) is 0 Å². The quantitative estimate of drug-likeness (QED) is 0.386. The monoisotopic (exact) mass is 649 g/mol. The lowest BCUT2D eigenvalue weighted by Gasteiger charge is -2.41. The highest BCUT2D eigenvalue weighted by atomic mass is 35.5. The SMILES string of the molecule is Cc1cc(C[C@@H](NC(=O)N2CCC(N3CCc4ccccc4NC3=O)CC2)C(=O)N2CCC(N3CCCCC3)CC2)cc(Cl)c1N. The molecule has 1 atom stereocenters. The summed E-state index contributed by atoms with van der Waals surface area (Å²) in [6, 6.07) is 11.2. The predicted octanol–water partition coefficient (Wildman–Crippen LogP) is 4.88. The minimum Gasteiger partial charge on any atom is -0.397 e. The summed E-state index contributed by atoms with van der Waals surface area (Å²) in [5.41, 5.74) is 10.4. The molecule has 4 aliphatic rings. The van der Waals surface area contributed by atoms with Crippen LogP contribution >= 0.6 is 11.6 Å². The number of benzene rings is 2. The number of likely N-dealkylation sites (tertiary alicyclic amines) is 3. The van der Waals surface area contributed by atoms with E-state index >= 15 is 0 Å². The molecule has 0 saturated carbocycles. The van der Waals surface area contributed by atoms with E-state index in [-0.39, 0.29) is 24.0 Å². The number of urea groups is 2. The lowest BCUT2D eigenvalue weighted by Crippen LogP contribution is -2.57. The molecule has 4 heterocycles. The first-order chi connectivity index (χ1) is 22.3. The molecule has 0 aromatic heterocycles. The van der Waals surface area contributed by atoms with Crippen molar-refractivity contribution in [3.8, 4) is 0 Å². The first-order valence-corrected chi connectivity index (χ1v) is 17.4. The van der Waals surface area contributed by atoms with Crippen molar-refractivity contribution in [1.29, 1.82) is 0 Å². The normalized spacial score (nSPS) is 20.9. The van der Waals surface area contributed by atoms with Gasteiger partial charge in [0.2, 0.25) is 5.91 Å². The van der Waals surface area contributed by atoms with Gasteiger partial charge in [-0.1, -0.05) is 42.3 Å². The van der Waals surface area contributed by atoms with Crippen molar-refractivity contribution in [2.75, 3.05) is 56.9 Å². The number of nitrogens with one attached hydrogen (secondary N) is 2. The van der Waals surface area contributed by atoms with E-state index in [0.717, 1.165) is 54.7 Å². The number of aryl methyl sites for hydroxylation is 1. The summed E-state index contributed by atoms with van der Waals surface area (Å²) in [4.78, 5) is 49.0. The van der Waals surface area contributed by atoms with Gasteiger partial charge in [-0.15, -0.1) is 0 Å². The maximum atomic E-state index is 14.0. The molecule has 2 aromatic rings. The largest absolute Gasteiger partial charge is 0.397 e. The molecule has 0 bridgehead atoms. The number of para-hydroxylation sites is 1. The van der Waals surface area contributed by atoms with Crippen molar-refractivity contribution in [2.24, 2.45) is 0 Å². The van der Waals surface area contributed by atoms with Gasteiger partial charge in [0.1, 0.15) is 6.04 Å². The van der Waals surface area contributed by atoms with E-state index < -0.39 is 6.04 Å². The van der Waals surface area contributed by atoms with Crippen LogP contribution < -0.4 is 16.4 Å². The number of fused-ring (bicyclic) bond motifs is 1. The summed E-state index contributed by atoms with van der Waals surface area (Å²) in [5.74, 6) is -0.0493. The average Bonchev–Trinajstić information content (AvgIpc) is 3.25. The van der Waals surface area contributed by atoms with Crippen molar-refractivity contribution in [3.63, 3.8) is 0 Å². The lowest BCUT2D eigenvalue weighted by atomic mass is 9.97. The van der Waals surface area contributed by atoms with Gasteiger partial charge in [0.05, 0.1) is 10.7 Å². The Morgan fingerprint density at radius 2 is 1.61 bits per heavy atom. The van der Waals surface area contributed by atoms with Gasteiger partial charge in [-0.25, -0.2) is 9.59 Å². The van der Waals surface area contributed by atoms with Crippen LogP contribution in [0.3, 0.4) is 0 Å². The summed E-state index contributed by atoms with van der Waals surface area (Å²) in [6.45, 7) is 7.28. The zero-order valence-electron chi connectivity index (χ0n) is 27.0. The maximum Gasteiger partial charge on any atom is 0.322 e. The number of hydrogen-bond donors (Lipinski definition) is 3. The molecular formula is C35H48ClN7O3. The number of hydrogen-bond acceptors (Lipinski definition) is 5. The van der Waals surface area contributed by atoms with Crippen LogP contribution in [-0.4, -0.2) is 102 Å². The van der Waals surface area contributed by atoms with E-state index in [4.69, 9.17) is 17.3 Å². The smallest absolute Gasteiger partial charge is 0.322 e. The molecule has 6 rings (SSSR count). The second-order valence-electron chi connectivity index (χ2n) is 13.4. The third-order valence-electron chi connectivity index (χ3n) is 10.4. The van der Waals surface area contributed by atoms with E-state index in [2.05, 4.69) is 21.6 Å². The Balaban J connectivity index is 1.09. The van der Waals surface area contributed by atoms with Gasteiger partial charge in [0.25, 0.3) is 0 Å². The maximum absolute atomic E-state index is 14.0. The van der Waals surface area contributed by atoms with Crippen molar-refractivity contribution in [1.82, 2.24) is 24.9 Å². The van der Waals surface area contributed by atoms with Gasteiger partial charge in [-0.05, 0) is 93.8 Å². The fourth-order valence-electron chi connectivity index (χ4n) is 7.69. The van der Waals surface area contributed by atoms with Crippen molar-refractivity contribution in [2.45, 2.75) is 82.8 Å². The van der Waals surface area contributed by atoms with Gasteiger partial charge in [-0.3, -0.25) is 4.79 Å². The van der Waals surface area contributed by atoms with Gasteiger partial charge < -0.3 is 36.0 Å². The Morgan fingerprint density at radius 3 is 2.33 bits per heavy atom. The standard InChI is InChI=1S/C35H48ClN7O3/c1-24-21-25(22-29(36)32(24)37)23-31(33(44)41-16-10-27(11-17-41)40-14-5-2-6-15-40)39-34(45)42-18-12-28(13-19-42)43-20-9-26-7-3-4-8-30(26)38-35(43)46/h3-4,7-8,21-22,27-28,31H,2,5-6,9-20,23,37H2,1H3,(H,38,46)(H,39,45)/t31-/m1/s1. The number of anilines is 2. The topological polar surface area (TPSA) is 114 Å². The number of rotatable bonds is 6. The van der Waals surface area contributed by atoms with Crippen LogP contribution in [0.2, 0.25) is 5.02 Å². The van der Waals surface area contributed by atoms with Crippen LogP contribution in [-0.2, 0) is 17.6 Å². The van der Waals surface area contributed by atoms with E-state index in [9.17, 15) is 14.4 Å². The van der Waals surface area contributed by atoms with Gasteiger partial charge in [0, 0.05) is 56.9 Å². The highest BCUT2D eigenvalue weighted by Crippen LogP contribution is 2.27. The molecule has 3 saturated heterocycles. The van der Waals surface area contributed by atoms with Gasteiger partial charge in [0.15, 0.2) is 0 Å². The Hall–Kier alpha value is -3.50. The number of halogens is 1. The molecule has 2 aromatic carbocycles. The summed E-state index contributed by atoms with van der Waals surface area (Å²) in [7, 11) is 0. The highest BCUT2D eigenvalue weighted by Gasteiger charge is 2.35. The fourth-order valence-corrected chi connectivity index (χ4v) is 7.98. The molecule has 0 radical (unpaired) electrons. The minimum absolute atomic E-state index is 0.0493. The molecule has 46 heavy (non-hydrogen) atoms. The zero-order valence-corrected chi connectivity index (χ0v) is 27.7. The molecule has 0 spiro atoms. The second kappa shape index (κ2) is 14.5. The van der Waals surface area contributed by atoms with Crippen LogP contribution in [0.4, 0.5) is 21.0 Å². The first-order valence-electron chi connectivity index (χ1n) is 17.0. The van der Waals surface area contributed by atoms with Crippen molar-refractivity contribution < 1.29 is 14.4 Å². The van der Waals surface area contributed by atoms with Crippen LogP contribution in [0.15, 0.2) is 36.4 Å². The van der Waals surface area contributed by atoms with Gasteiger partial charge in [-0.2, -0.15) is 0 Å². The molecule has 11 heteroatoms. The van der Waals surface area contributed by atoms with Crippen molar-refractivity contribution >= 4 is 40.9 Å². The number of nitrogens with zero attached hydrogens (tertiary/aromatic N) is 4. The Bertz CT molecular complexity index is 1390. The second-order valence-corrected chi connectivity index (χ2v) is 13.8. The van der Waals surface area contributed by atoms with E-state index in [1.807, 2.05) is 41.0 Å². The lowest BCUT2D eigenvalue weighted by molar-refractivity contribution is -0.134. The highest BCUT2D eigenvalue weighted by molar-refractivity contribution is 6.33. The molecular weight excluding hydrogens is 602 g/mol. The van der Waals surface area contributed by atoms with Gasteiger partial charge >= 0.3 is 12.1 Å². The molecule has 10 nitrogen and oxygen atoms in total. The number of amides is 5. The van der Waals surface area contributed by atoms with E-state index in [1.165, 1.54) is 19.3 Å². The average molecular weight is 650 g/mol. The third kappa shape index (κ3) is 7.39. The number of carbonyl (C=O) groups is 3. The minimum atomic E-state index is -0.717. The Morgan fingerprint density at radius 1 is 0.935 bits per heavy atom. The summed E-state index contributed by atoms with van der Waals surface area (Å²) in [5, 5.41) is 6.62. The van der Waals surface area contributed by atoms with Crippen LogP contribution in [0.25, 0.3) is 0 Å². The number of piperidine rings is 3. The Kier molecular flexibility index (Phi) is 10.2. The molecule has 5 amide bonds. The zero-order chi connectivity index (χ0) is 32.2. The van der Waals surface area contributed by atoms with Crippen LogP contribution in [0, 0.1) is 6.92 Å². The van der Waals surface area contributed by atoms with E-state index in [1.54, 1.807) is 11.0 Å².